The smallest absolute Gasteiger partial charge is 0.294 e. The van der Waals surface area contributed by atoms with Gasteiger partial charge in [0.05, 0.1) is 4.92 Å². The van der Waals surface area contributed by atoms with E-state index in [9.17, 15) is 10.1 Å². The highest BCUT2D eigenvalue weighted by Crippen LogP contribution is 2.23. The molecule has 0 unspecified atom stereocenters. The van der Waals surface area contributed by atoms with Crippen molar-refractivity contribution < 1.29 is 4.92 Å². The molecule has 1 aliphatic heterocycles. The summed E-state index contributed by atoms with van der Waals surface area (Å²) in [6.07, 6.45) is 1.05. The molecular weight excluding hydrogens is 262 g/mol. The van der Waals surface area contributed by atoms with E-state index in [0.717, 1.165) is 24.4 Å². The van der Waals surface area contributed by atoms with Crippen LogP contribution in [0.3, 0.4) is 0 Å². The van der Waals surface area contributed by atoms with E-state index in [1.165, 1.54) is 11.8 Å². The lowest BCUT2D eigenvalue weighted by Crippen LogP contribution is -2.29. The molecule has 1 heterocycles. The number of nitrogens with zero attached hydrogens (tertiary/aromatic N) is 2. The molecule has 1 N–H and O–H groups in total. The van der Waals surface area contributed by atoms with Gasteiger partial charge < -0.3 is 10.2 Å². The molecule has 1 saturated heterocycles. The summed E-state index contributed by atoms with van der Waals surface area (Å²) in [4.78, 5) is 12.8. The van der Waals surface area contributed by atoms with E-state index >= 15 is 0 Å². The van der Waals surface area contributed by atoms with E-state index in [1.807, 2.05) is 42.3 Å². The van der Waals surface area contributed by atoms with Crippen molar-refractivity contribution in [3.8, 4) is 0 Å². The minimum Gasteiger partial charge on any atom is -0.374 e. The number of hydrogen-bond acceptors (Lipinski definition) is 5. The number of nitro groups is 1. The minimum atomic E-state index is -0.278. The summed E-state index contributed by atoms with van der Waals surface area (Å²) in [5.74, 6) is 0.939. The van der Waals surface area contributed by atoms with Gasteiger partial charge in [-0.2, -0.15) is 0 Å². The number of anilines is 1. The summed E-state index contributed by atoms with van der Waals surface area (Å²) in [7, 11) is 1.87. The molecule has 19 heavy (non-hydrogen) atoms. The largest absolute Gasteiger partial charge is 0.374 e. The molecule has 0 spiro atoms. The number of thioether (sulfide) groups is 1. The first kappa shape index (κ1) is 13.7. The number of rotatable bonds is 4. The number of para-hydroxylation sites is 1. The molecule has 102 valence electrons. The highest BCUT2D eigenvalue weighted by Gasteiger charge is 2.23. The van der Waals surface area contributed by atoms with Crippen LogP contribution in [-0.4, -0.2) is 30.8 Å². The predicted octanol–water partition coefficient (Wildman–Crippen LogP) is 2.30. The van der Waals surface area contributed by atoms with Gasteiger partial charge in [0.15, 0.2) is 0 Å². The minimum absolute atomic E-state index is 0.246. The number of likely N-dealkylation sites (N-methyl/N-ethyl adjacent to an activating group) is 1. The van der Waals surface area contributed by atoms with Crippen molar-refractivity contribution in [2.24, 2.45) is 0 Å². The molecule has 1 aliphatic rings. The zero-order valence-corrected chi connectivity index (χ0v) is 11.7. The monoisotopic (exact) mass is 279 g/mol. The maximum atomic E-state index is 11.2. The van der Waals surface area contributed by atoms with Crippen molar-refractivity contribution in [2.45, 2.75) is 6.42 Å². The molecule has 6 heteroatoms. The van der Waals surface area contributed by atoms with Gasteiger partial charge in [-0.1, -0.05) is 18.2 Å². The normalized spacial score (nSPS) is 17.5. The van der Waals surface area contributed by atoms with Crippen molar-refractivity contribution in [2.75, 3.05) is 30.8 Å². The first-order valence-corrected chi connectivity index (χ1v) is 7.17. The van der Waals surface area contributed by atoms with Gasteiger partial charge in [-0.25, -0.2) is 0 Å². The molecule has 0 atom stereocenters. The van der Waals surface area contributed by atoms with E-state index in [1.54, 1.807) is 0 Å². The van der Waals surface area contributed by atoms with Crippen molar-refractivity contribution >= 4 is 17.4 Å². The molecule has 0 radical (unpaired) electrons. The third kappa shape index (κ3) is 3.64. The first-order valence-electron chi connectivity index (χ1n) is 6.19. The van der Waals surface area contributed by atoms with Crippen LogP contribution in [0, 0.1) is 10.1 Å². The Bertz CT molecular complexity index is 468. The summed E-state index contributed by atoms with van der Waals surface area (Å²) < 4.78 is 0. The van der Waals surface area contributed by atoms with Crippen LogP contribution in [0.4, 0.5) is 5.69 Å². The molecule has 0 bridgehead atoms. The fraction of sp³-hybridized carbons (Fsp3) is 0.385. The Kier molecular flexibility index (Phi) is 4.68. The van der Waals surface area contributed by atoms with Crippen LogP contribution in [0.5, 0.6) is 0 Å². The van der Waals surface area contributed by atoms with Crippen LogP contribution >= 0.6 is 11.8 Å². The standard InChI is InChI=1S/C13H17N3O2S/c1-15(11-6-3-2-4-7-11)10-12(16(17)18)13-14-8-5-9-19-13/h2-4,6-7,14H,5,8-10H2,1H3/b13-12+. The molecule has 1 aromatic rings. The fourth-order valence-electron chi connectivity index (χ4n) is 1.90. The quantitative estimate of drug-likeness (QED) is 0.677. The topological polar surface area (TPSA) is 58.4 Å². The summed E-state index contributed by atoms with van der Waals surface area (Å²) in [6.45, 7) is 1.11. The highest BCUT2D eigenvalue weighted by molar-refractivity contribution is 8.03. The Morgan fingerprint density at radius 1 is 1.47 bits per heavy atom. The molecular formula is C13H17N3O2S. The van der Waals surface area contributed by atoms with Gasteiger partial charge in [0.1, 0.15) is 11.6 Å². The van der Waals surface area contributed by atoms with Crippen LogP contribution in [-0.2, 0) is 0 Å². The molecule has 0 aliphatic carbocycles. The fourth-order valence-corrected chi connectivity index (χ4v) is 2.90. The molecule has 1 fully saturated rings. The van der Waals surface area contributed by atoms with E-state index in [0.29, 0.717) is 11.6 Å². The molecule has 0 amide bonds. The zero-order chi connectivity index (χ0) is 13.7. The first-order chi connectivity index (χ1) is 9.18. The molecule has 5 nitrogen and oxygen atoms in total. The Labute approximate surface area is 116 Å². The lowest BCUT2D eigenvalue weighted by atomic mass is 10.3. The third-order valence-corrected chi connectivity index (χ3v) is 4.08. The second kappa shape index (κ2) is 6.47. The number of nitrogens with one attached hydrogen (secondary N) is 1. The average molecular weight is 279 g/mol. The van der Waals surface area contributed by atoms with Gasteiger partial charge in [0.25, 0.3) is 5.70 Å². The summed E-state index contributed by atoms with van der Waals surface area (Å²) >= 11 is 1.54. The summed E-state index contributed by atoms with van der Waals surface area (Å²) in [5.41, 5.74) is 1.22. The van der Waals surface area contributed by atoms with Crippen molar-refractivity contribution in [3.05, 3.63) is 51.2 Å². The maximum Gasteiger partial charge on any atom is 0.294 e. The van der Waals surface area contributed by atoms with Crippen LogP contribution in [0.2, 0.25) is 0 Å². The predicted molar refractivity (Wildman–Crippen MR) is 78.8 cm³/mol. The van der Waals surface area contributed by atoms with Crippen LogP contribution in [0.1, 0.15) is 6.42 Å². The number of hydrogen-bond donors (Lipinski definition) is 1. The van der Waals surface area contributed by atoms with Gasteiger partial charge >= 0.3 is 0 Å². The SMILES string of the molecule is CN(C/C(=C1/NCCCS1)[N+](=O)[O-])c1ccccc1. The van der Waals surface area contributed by atoms with Crippen LogP contribution in [0.25, 0.3) is 0 Å². The Morgan fingerprint density at radius 2 is 2.21 bits per heavy atom. The summed E-state index contributed by atoms with van der Waals surface area (Å²) in [6, 6.07) is 9.69. The van der Waals surface area contributed by atoms with Crippen molar-refractivity contribution in [1.29, 1.82) is 0 Å². The molecule has 2 rings (SSSR count). The Hall–Kier alpha value is -1.69. The van der Waals surface area contributed by atoms with Gasteiger partial charge in [-0.3, -0.25) is 10.1 Å². The second-order valence-corrected chi connectivity index (χ2v) is 5.46. The van der Waals surface area contributed by atoms with Gasteiger partial charge in [-0.15, -0.1) is 11.8 Å². The lowest BCUT2D eigenvalue weighted by Gasteiger charge is -2.21. The zero-order valence-electron chi connectivity index (χ0n) is 10.8. The average Bonchev–Trinajstić information content (AvgIpc) is 2.46. The van der Waals surface area contributed by atoms with E-state index in [4.69, 9.17) is 0 Å². The second-order valence-electron chi connectivity index (χ2n) is 4.35. The van der Waals surface area contributed by atoms with Gasteiger partial charge in [0, 0.05) is 25.0 Å². The van der Waals surface area contributed by atoms with Crippen molar-refractivity contribution in [1.82, 2.24) is 5.32 Å². The Balaban J connectivity index is 2.15. The van der Waals surface area contributed by atoms with Gasteiger partial charge in [0.2, 0.25) is 0 Å². The molecule has 1 aromatic carbocycles. The highest BCUT2D eigenvalue weighted by atomic mass is 32.2. The molecule has 0 saturated carbocycles. The third-order valence-electron chi connectivity index (χ3n) is 2.92. The summed E-state index contributed by atoms with van der Waals surface area (Å²) in [5, 5.41) is 15.1. The van der Waals surface area contributed by atoms with Crippen molar-refractivity contribution in [3.63, 3.8) is 0 Å². The van der Waals surface area contributed by atoms with E-state index in [2.05, 4.69) is 5.32 Å². The maximum absolute atomic E-state index is 11.2. The Morgan fingerprint density at radius 3 is 2.79 bits per heavy atom. The number of benzene rings is 1. The van der Waals surface area contributed by atoms with Crippen LogP contribution in [0.15, 0.2) is 41.1 Å². The van der Waals surface area contributed by atoms with Crippen LogP contribution < -0.4 is 10.2 Å². The molecule has 0 aromatic heterocycles. The van der Waals surface area contributed by atoms with E-state index in [-0.39, 0.29) is 10.6 Å². The van der Waals surface area contributed by atoms with Gasteiger partial charge in [-0.05, 0) is 18.6 Å². The lowest BCUT2D eigenvalue weighted by molar-refractivity contribution is -0.426. The van der Waals surface area contributed by atoms with E-state index < -0.39 is 0 Å².